The van der Waals surface area contributed by atoms with Crippen LogP contribution < -0.4 is 0 Å². The Labute approximate surface area is 175 Å². The summed E-state index contributed by atoms with van der Waals surface area (Å²) in [5.41, 5.74) is 2.56. The van der Waals surface area contributed by atoms with Crippen LogP contribution in [-0.4, -0.2) is 59.1 Å². The van der Waals surface area contributed by atoms with E-state index in [0.717, 1.165) is 12.0 Å². The Morgan fingerprint density at radius 3 is 2.30 bits per heavy atom. The zero-order chi connectivity index (χ0) is 21.3. The van der Waals surface area contributed by atoms with Crippen molar-refractivity contribution < 1.29 is 17.5 Å². The van der Waals surface area contributed by atoms with Crippen molar-refractivity contribution in [2.45, 2.75) is 38.6 Å². The second-order valence-electron chi connectivity index (χ2n) is 7.40. The van der Waals surface area contributed by atoms with Gasteiger partial charge in [-0.1, -0.05) is 41.5 Å². The summed E-state index contributed by atoms with van der Waals surface area (Å²) in [7, 11) is -3.62. The largest absolute Gasteiger partial charge is 0.360 e. The number of sulfonamides is 1. The molecule has 0 amide bonds. The molecular weight excluding hydrogens is 406 g/mol. The van der Waals surface area contributed by atoms with E-state index >= 15 is 0 Å². The Morgan fingerprint density at radius 2 is 1.70 bits per heavy atom. The van der Waals surface area contributed by atoms with Crippen molar-refractivity contribution in [3.63, 3.8) is 0 Å². The number of nitrogens with zero attached hydrogens (tertiary/aromatic N) is 5. The molecule has 0 spiro atoms. The van der Waals surface area contributed by atoms with Gasteiger partial charge in [-0.2, -0.15) is 9.29 Å². The molecule has 1 aromatic carbocycles. The highest BCUT2D eigenvalue weighted by atomic mass is 32.2. The summed E-state index contributed by atoms with van der Waals surface area (Å²) in [5, 5.41) is 7.84. The molecule has 0 atom stereocenters. The van der Waals surface area contributed by atoms with Crippen LogP contribution in [0.2, 0.25) is 0 Å². The maximum absolute atomic E-state index is 12.9. The molecule has 0 unspecified atom stereocenters. The van der Waals surface area contributed by atoms with Crippen LogP contribution >= 0.6 is 0 Å². The molecule has 1 aliphatic heterocycles. The molecule has 0 radical (unpaired) electrons. The molecule has 1 saturated heterocycles. The predicted molar refractivity (Wildman–Crippen MR) is 109 cm³/mol. The Kier molecular flexibility index (Phi) is 5.72. The smallest absolute Gasteiger partial charge is 0.248 e. The van der Waals surface area contributed by atoms with Gasteiger partial charge in [0.05, 0.1) is 6.54 Å². The molecule has 0 saturated carbocycles. The minimum Gasteiger partial charge on any atom is -0.360 e. The van der Waals surface area contributed by atoms with E-state index in [0.29, 0.717) is 55.9 Å². The summed E-state index contributed by atoms with van der Waals surface area (Å²) >= 11 is 0. The molecule has 2 aromatic heterocycles. The first kappa shape index (κ1) is 20.7. The fourth-order valence-electron chi connectivity index (χ4n) is 3.62. The zero-order valence-corrected chi connectivity index (χ0v) is 18.1. The fraction of sp³-hybridized carbons (Fsp3) is 0.450. The standard InChI is InChI=1S/C20H25N5O4S/c1-4-16-5-7-17(8-6-16)20-21-18(29-23-20)13-24-9-11-25(12-10-24)30(26,27)19-14(2)22-28-15(19)3/h5-8H,4,9-13H2,1-3H3. The number of aryl methyl sites for hydroxylation is 3. The third-order valence-corrected chi connectivity index (χ3v) is 7.49. The van der Waals surface area contributed by atoms with E-state index in [4.69, 9.17) is 9.05 Å². The molecule has 160 valence electrons. The van der Waals surface area contributed by atoms with Gasteiger partial charge >= 0.3 is 0 Å². The van der Waals surface area contributed by atoms with Crippen molar-refractivity contribution in [3.05, 3.63) is 47.2 Å². The van der Waals surface area contributed by atoms with Crippen LogP contribution in [0.4, 0.5) is 0 Å². The number of hydrogen-bond donors (Lipinski definition) is 0. The van der Waals surface area contributed by atoms with Crippen LogP contribution in [0.5, 0.6) is 0 Å². The van der Waals surface area contributed by atoms with Gasteiger partial charge in [-0.15, -0.1) is 0 Å². The fourth-order valence-corrected chi connectivity index (χ4v) is 5.33. The first-order chi connectivity index (χ1) is 14.4. The summed E-state index contributed by atoms with van der Waals surface area (Å²) < 4.78 is 37.8. The summed E-state index contributed by atoms with van der Waals surface area (Å²) in [6, 6.07) is 8.10. The number of piperazine rings is 1. The Hall–Kier alpha value is -2.56. The van der Waals surface area contributed by atoms with Gasteiger partial charge in [0.2, 0.25) is 21.7 Å². The molecule has 0 bridgehead atoms. The van der Waals surface area contributed by atoms with E-state index in [-0.39, 0.29) is 4.90 Å². The van der Waals surface area contributed by atoms with E-state index in [9.17, 15) is 8.42 Å². The first-order valence-electron chi connectivity index (χ1n) is 9.95. The molecule has 1 aliphatic rings. The van der Waals surface area contributed by atoms with E-state index in [1.165, 1.54) is 9.87 Å². The van der Waals surface area contributed by atoms with Crippen molar-refractivity contribution in [2.24, 2.45) is 0 Å². The molecular formula is C20H25N5O4S. The number of aromatic nitrogens is 3. The van der Waals surface area contributed by atoms with Gasteiger partial charge in [0, 0.05) is 31.7 Å². The number of rotatable bonds is 6. The van der Waals surface area contributed by atoms with Crippen LogP contribution in [0, 0.1) is 13.8 Å². The molecule has 4 rings (SSSR count). The van der Waals surface area contributed by atoms with Gasteiger partial charge < -0.3 is 9.05 Å². The van der Waals surface area contributed by atoms with Gasteiger partial charge in [-0.05, 0) is 25.8 Å². The van der Waals surface area contributed by atoms with Crippen LogP contribution in [-0.2, 0) is 23.0 Å². The lowest BCUT2D eigenvalue weighted by Crippen LogP contribution is -2.48. The van der Waals surface area contributed by atoms with Crippen molar-refractivity contribution in [3.8, 4) is 11.4 Å². The van der Waals surface area contributed by atoms with Crippen molar-refractivity contribution in [1.82, 2.24) is 24.5 Å². The maximum atomic E-state index is 12.9. The molecule has 1 fully saturated rings. The molecule has 3 heterocycles. The average Bonchev–Trinajstić information content (AvgIpc) is 3.35. The zero-order valence-electron chi connectivity index (χ0n) is 17.3. The monoisotopic (exact) mass is 431 g/mol. The molecule has 10 heteroatoms. The van der Waals surface area contributed by atoms with Crippen LogP contribution in [0.1, 0.15) is 29.8 Å². The topological polar surface area (TPSA) is 106 Å². The highest BCUT2D eigenvalue weighted by molar-refractivity contribution is 7.89. The normalized spacial score (nSPS) is 16.2. The molecule has 30 heavy (non-hydrogen) atoms. The predicted octanol–water partition coefficient (Wildman–Crippen LogP) is 2.41. The van der Waals surface area contributed by atoms with E-state index in [1.807, 2.05) is 12.1 Å². The second kappa shape index (κ2) is 8.29. The van der Waals surface area contributed by atoms with Gasteiger partial charge in [0.1, 0.15) is 10.6 Å². The minimum atomic E-state index is -3.62. The second-order valence-corrected chi connectivity index (χ2v) is 9.27. The van der Waals surface area contributed by atoms with E-state index in [1.54, 1.807) is 13.8 Å². The van der Waals surface area contributed by atoms with E-state index in [2.05, 4.69) is 39.3 Å². The third kappa shape index (κ3) is 4.03. The third-order valence-electron chi connectivity index (χ3n) is 5.34. The summed E-state index contributed by atoms with van der Waals surface area (Å²) in [6.45, 7) is 7.77. The maximum Gasteiger partial charge on any atom is 0.248 e. The Balaban J connectivity index is 1.38. The molecule has 0 N–H and O–H groups in total. The average molecular weight is 432 g/mol. The summed E-state index contributed by atoms with van der Waals surface area (Å²) in [5.74, 6) is 1.40. The van der Waals surface area contributed by atoms with Crippen LogP contribution in [0.25, 0.3) is 11.4 Å². The summed E-state index contributed by atoms with van der Waals surface area (Å²) in [6.07, 6.45) is 0.982. The van der Waals surface area contributed by atoms with Crippen molar-refractivity contribution in [2.75, 3.05) is 26.2 Å². The van der Waals surface area contributed by atoms with Crippen LogP contribution in [0.15, 0.2) is 38.2 Å². The minimum absolute atomic E-state index is 0.173. The van der Waals surface area contributed by atoms with Gasteiger partial charge in [0.25, 0.3) is 0 Å². The summed E-state index contributed by atoms with van der Waals surface area (Å²) in [4.78, 5) is 6.77. The number of hydrogen-bond acceptors (Lipinski definition) is 8. The van der Waals surface area contributed by atoms with E-state index < -0.39 is 10.0 Å². The highest BCUT2D eigenvalue weighted by Gasteiger charge is 2.33. The van der Waals surface area contributed by atoms with Gasteiger partial charge in [0.15, 0.2) is 5.76 Å². The molecule has 0 aliphatic carbocycles. The van der Waals surface area contributed by atoms with Crippen molar-refractivity contribution >= 4 is 10.0 Å². The first-order valence-corrected chi connectivity index (χ1v) is 11.4. The SMILES string of the molecule is CCc1ccc(-c2noc(CN3CCN(S(=O)(=O)c4c(C)noc4C)CC3)n2)cc1. The Bertz CT molecular complexity index is 1090. The lowest BCUT2D eigenvalue weighted by molar-refractivity contribution is 0.163. The number of benzene rings is 1. The highest BCUT2D eigenvalue weighted by Crippen LogP contribution is 2.24. The van der Waals surface area contributed by atoms with Crippen molar-refractivity contribution in [1.29, 1.82) is 0 Å². The lowest BCUT2D eigenvalue weighted by atomic mass is 10.1. The quantitative estimate of drug-likeness (QED) is 0.586. The van der Waals surface area contributed by atoms with Crippen LogP contribution in [0.3, 0.4) is 0 Å². The van der Waals surface area contributed by atoms with Gasteiger partial charge in [-0.25, -0.2) is 8.42 Å². The molecule has 3 aromatic rings. The lowest BCUT2D eigenvalue weighted by Gasteiger charge is -2.32. The van der Waals surface area contributed by atoms with Gasteiger partial charge in [-0.3, -0.25) is 4.90 Å². The molecule has 9 nitrogen and oxygen atoms in total. The Morgan fingerprint density at radius 1 is 1.00 bits per heavy atom.